The summed E-state index contributed by atoms with van der Waals surface area (Å²) in [6, 6.07) is 4.09. The Morgan fingerprint density at radius 1 is 1.39 bits per heavy atom. The number of thiophene rings is 1. The van der Waals surface area contributed by atoms with Gasteiger partial charge in [-0.05, 0) is 24.3 Å². The second kappa shape index (κ2) is 6.34. The van der Waals surface area contributed by atoms with Crippen molar-refractivity contribution in [1.82, 2.24) is 0 Å². The molecule has 1 aromatic rings. The van der Waals surface area contributed by atoms with Crippen molar-refractivity contribution in [2.45, 2.75) is 38.5 Å². The van der Waals surface area contributed by atoms with Crippen LogP contribution in [0.2, 0.25) is 0 Å². The predicted octanol–water partition coefficient (Wildman–Crippen LogP) is 2.74. The van der Waals surface area contributed by atoms with E-state index in [1.165, 1.54) is 11.3 Å². The van der Waals surface area contributed by atoms with Gasteiger partial charge in [-0.15, -0.1) is 11.3 Å². The second-order valence-electron chi connectivity index (χ2n) is 5.01. The molecule has 0 saturated heterocycles. The van der Waals surface area contributed by atoms with E-state index in [0.29, 0.717) is 13.2 Å². The SMILES string of the molecule is NCC1(C(=O)OCCc2cccs2)CCCCC1. The standard InChI is InChI=1S/C14H21NO2S/c15-11-14(7-2-1-3-8-14)13(16)17-9-6-12-5-4-10-18-12/h4-5,10H,1-3,6-9,11,15H2. The van der Waals surface area contributed by atoms with E-state index in [0.717, 1.165) is 32.1 Å². The molecule has 2 rings (SSSR count). The highest BCUT2D eigenvalue weighted by Crippen LogP contribution is 2.36. The Balaban J connectivity index is 1.82. The molecular formula is C14H21NO2S. The van der Waals surface area contributed by atoms with Gasteiger partial charge in [0.15, 0.2) is 0 Å². The summed E-state index contributed by atoms with van der Waals surface area (Å²) in [4.78, 5) is 13.4. The van der Waals surface area contributed by atoms with Crippen LogP contribution in [0.4, 0.5) is 0 Å². The maximum absolute atomic E-state index is 12.2. The molecule has 0 atom stereocenters. The molecule has 1 aliphatic carbocycles. The molecule has 1 aromatic heterocycles. The maximum Gasteiger partial charge on any atom is 0.313 e. The van der Waals surface area contributed by atoms with E-state index < -0.39 is 5.41 Å². The van der Waals surface area contributed by atoms with E-state index in [1.54, 1.807) is 11.3 Å². The number of carbonyl (C=O) groups excluding carboxylic acids is 1. The lowest BCUT2D eigenvalue weighted by molar-refractivity contribution is -0.157. The van der Waals surface area contributed by atoms with E-state index in [2.05, 4.69) is 6.07 Å². The third kappa shape index (κ3) is 3.12. The molecule has 0 bridgehead atoms. The van der Waals surface area contributed by atoms with Crippen LogP contribution in [0.5, 0.6) is 0 Å². The highest BCUT2D eigenvalue weighted by molar-refractivity contribution is 7.09. The summed E-state index contributed by atoms with van der Waals surface area (Å²) in [5.41, 5.74) is 5.41. The summed E-state index contributed by atoms with van der Waals surface area (Å²) in [6.45, 7) is 0.895. The highest BCUT2D eigenvalue weighted by Gasteiger charge is 2.39. The smallest absolute Gasteiger partial charge is 0.313 e. The van der Waals surface area contributed by atoms with E-state index in [-0.39, 0.29) is 5.97 Å². The molecule has 1 heterocycles. The molecule has 100 valence electrons. The van der Waals surface area contributed by atoms with Gasteiger partial charge in [0.25, 0.3) is 0 Å². The largest absolute Gasteiger partial charge is 0.465 e. The molecule has 2 N–H and O–H groups in total. The van der Waals surface area contributed by atoms with Crippen LogP contribution in [0.1, 0.15) is 37.0 Å². The Morgan fingerprint density at radius 2 is 2.17 bits per heavy atom. The Hall–Kier alpha value is -0.870. The predicted molar refractivity (Wildman–Crippen MR) is 73.6 cm³/mol. The van der Waals surface area contributed by atoms with Crippen molar-refractivity contribution >= 4 is 17.3 Å². The molecule has 0 amide bonds. The Morgan fingerprint density at radius 3 is 2.78 bits per heavy atom. The average Bonchev–Trinajstić information content (AvgIpc) is 2.92. The molecule has 3 nitrogen and oxygen atoms in total. The van der Waals surface area contributed by atoms with Crippen LogP contribution in [0.15, 0.2) is 17.5 Å². The molecule has 0 radical (unpaired) electrons. The molecule has 0 aliphatic heterocycles. The lowest BCUT2D eigenvalue weighted by Crippen LogP contribution is -2.41. The zero-order valence-corrected chi connectivity index (χ0v) is 11.5. The van der Waals surface area contributed by atoms with Crippen LogP contribution >= 0.6 is 11.3 Å². The lowest BCUT2D eigenvalue weighted by Gasteiger charge is -2.33. The summed E-state index contributed by atoms with van der Waals surface area (Å²) in [5, 5.41) is 2.04. The van der Waals surface area contributed by atoms with Crippen molar-refractivity contribution in [2.24, 2.45) is 11.1 Å². The van der Waals surface area contributed by atoms with Gasteiger partial charge in [-0.1, -0.05) is 25.3 Å². The third-order valence-corrected chi connectivity index (χ3v) is 4.73. The third-order valence-electron chi connectivity index (χ3n) is 3.80. The van der Waals surface area contributed by atoms with Crippen molar-refractivity contribution in [3.8, 4) is 0 Å². The zero-order chi connectivity index (χ0) is 12.8. The second-order valence-corrected chi connectivity index (χ2v) is 6.04. The maximum atomic E-state index is 12.2. The van der Waals surface area contributed by atoms with Crippen molar-refractivity contribution in [2.75, 3.05) is 13.2 Å². The molecule has 0 aromatic carbocycles. The Kier molecular flexibility index (Phi) is 4.78. The molecule has 1 saturated carbocycles. The van der Waals surface area contributed by atoms with Crippen molar-refractivity contribution in [3.63, 3.8) is 0 Å². The van der Waals surface area contributed by atoms with Crippen molar-refractivity contribution in [3.05, 3.63) is 22.4 Å². The summed E-state index contributed by atoms with van der Waals surface area (Å²) >= 11 is 1.70. The van der Waals surface area contributed by atoms with Crippen molar-refractivity contribution < 1.29 is 9.53 Å². The molecule has 1 fully saturated rings. The summed E-state index contributed by atoms with van der Waals surface area (Å²) < 4.78 is 5.44. The zero-order valence-electron chi connectivity index (χ0n) is 10.7. The average molecular weight is 267 g/mol. The molecule has 0 unspecified atom stereocenters. The summed E-state index contributed by atoms with van der Waals surface area (Å²) in [5.74, 6) is -0.0822. The summed E-state index contributed by atoms with van der Waals surface area (Å²) in [7, 11) is 0. The van der Waals surface area contributed by atoms with Gasteiger partial charge in [-0.25, -0.2) is 0 Å². The van der Waals surface area contributed by atoms with E-state index in [1.807, 2.05) is 11.4 Å². The van der Waals surface area contributed by atoms with Crippen LogP contribution < -0.4 is 5.73 Å². The Labute approximate surface area is 112 Å². The number of carbonyl (C=O) groups is 1. The van der Waals surface area contributed by atoms with E-state index in [9.17, 15) is 4.79 Å². The van der Waals surface area contributed by atoms with Crippen molar-refractivity contribution in [1.29, 1.82) is 0 Å². The number of esters is 1. The Bertz CT molecular complexity index is 369. The van der Waals surface area contributed by atoms with Gasteiger partial charge < -0.3 is 10.5 Å². The molecule has 1 aliphatic rings. The monoisotopic (exact) mass is 267 g/mol. The number of nitrogens with two attached hydrogens (primary N) is 1. The first-order chi connectivity index (χ1) is 8.77. The molecule has 4 heteroatoms. The molecule has 18 heavy (non-hydrogen) atoms. The first kappa shape index (κ1) is 13.6. The van der Waals surface area contributed by atoms with Crippen LogP contribution in [0.25, 0.3) is 0 Å². The van der Waals surface area contributed by atoms with Gasteiger partial charge >= 0.3 is 5.97 Å². The van der Waals surface area contributed by atoms with E-state index in [4.69, 9.17) is 10.5 Å². The van der Waals surface area contributed by atoms with Gasteiger partial charge in [-0.3, -0.25) is 4.79 Å². The van der Waals surface area contributed by atoms with Gasteiger partial charge in [0.2, 0.25) is 0 Å². The molecular weight excluding hydrogens is 246 g/mol. The van der Waals surface area contributed by atoms with Gasteiger partial charge in [0.05, 0.1) is 12.0 Å². The topological polar surface area (TPSA) is 52.3 Å². The minimum atomic E-state index is -0.395. The first-order valence-electron chi connectivity index (χ1n) is 6.66. The minimum Gasteiger partial charge on any atom is -0.465 e. The minimum absolute atomic E-state index is 0.0822. The fourth-order valence-electron chi connectivity index (χ4n) is 2.57. The van der Waals surface area contributed by atoms with E-state index >= 15 is 0 Å². The van der Waals surface area contributed by atoms with Gasteiger partial charge in [0.1, 0.15) is 0 Å². The van der Waals surface area contributed by atoms with Gasteiger partial charge in [-0.2, -0.15) is 0 Å². The van der Waals surface area contributed by atoms with Gasteiger partial charge in [0, 0.05) is 17.8 Å². The van der Waals surface area contributed by atoms with Crippen LogP contribution in [-0.4, -0.2) is 19.1 Å². The van der Waals surface area contributed by atoms with Crippen LogP contribution in [0.3, 0.4) is 0 Å². The number of ether oxygens (including phenoxy) is 1. The first-order valence-corrected chi connectivity index (χ1v) is 7.54. The van der Waals surface area contributed by atoms with Crippen LogP contribution in [-0.2, 0) is 16.0 Å². The quantitative estimate of drug-likeness (QED) is 0.835. The fraction of sp³-hybridized carbons (Fsp3) is 0.643. The molecule has 0 spiro atoms. The number of rotatable bonds is 5. The summed E-state index contributed by atoms with van der Waals surface area (Å²) in [6.07, 6.45) is 5.99. The normalized spacial score (nSPS) is 18.5. The highest BCUT2D eigenvalue weighted by atomic mass is 32.1. The number of hydrogen-bond donors (Lipinski definition) is 1. The van der Waals surface area contributed by atoms with Crippen LogP contribution in [0, 0.1) is 5.41 Å². The fourth-order valence-corrected chi connectivity index (χ4v) is 3.26. The lowest BCUT2D eigenvalue weighted by atomic mass is 9.74. The number of hydrogen-bond acceptors (Lipinski definition) is 4.